The number of nitrogens with one attached hydrogen (secondary N) is 3. The average Bonchev–Trinajstić information content (AvgIpc) is 2.62. The van der Waals surface area contributed by atoms with E-state index in [1.807, 2.05) is 44.3 Å². The lowest BCUT2D eigenvalue weighted by Crippen LogP contribution is -2.82. The Hall–Kier alpha value is -2.60. The molecular weight excluding hydrogens is 346 g/mol. The first-order valence-corrected chi connectivity index (χ1v) is 9.11. The van der Waals surface area contributed by atoms with Crippen molar-refractivity contribution in [2.24, 2.45) is 0 Å². The molecule has 0 aliphatic rings. The first-order chi connectivity index (χ1) is 12.6. The van der Waals surface area contributed by atoms with Crippen LogP contribution in [0.4, 0.5) is 0 Å². The number of hydrazine groups is 1. The number of aryl methyl sites for hydroxylation is 1. The second-order valence-corrected chi connectivity index (χ2v) is 6.10. The molecule has 26 heavy (non-hydrogen) atoms. The SMILES string of the molecule is CCNC(=S)N[NH+]=Cc1ccc(OCc2cccc(C)c2)c(OCC)c1. The van der Waals surface area contributed by atoms with Gasteiger partial charge in [-0.05, 0) is 56.8 Å². The smallest absolute Gasteiger partial charge is 0.223 e. The highest BCUT2D eigenvalue weighted by Crippen LogP contribution is 2.28. The predicted octanol–water partition coefficient (Wildman–Crippen LogP) is 1.87. The van der Waals surface area contributed by atoms with Gasteiger partial charge in [-0.1, -0.05) is 29.8 Å². The number of ether oxygens (including phenoxy) is 2. The van der Waals surface area contributed by atoms with Crippen LogP contribution in [0.3, 0.4) is 0 Å². The van der Waals surface area contributed by atoms with E-state index in [0.717, 1.165) is 23.4 Å². The molecule has 0 aliphatic carbocycles. The Labute approximate surface area is 160 Å². The van der Waals surface area contributed by atoms with Crippen molar-refractivity contribution in [2.75, 3.05) is 13.2 Å². The highest BCUT2D eigenvalue weighted by atomic mass is 32.1. The van der Waals surface area contributed by atoms with Gasteiger partial charge in [-0.3, -0.25) is 0 Å². The molecule has 0 spiro atoms. The van der Waals surface area contributed by atoms with Crippen LogP contribution in [-0.4, -0.2) is 24.5 Å². The van der Waals surface area contributed by atoms with Crippen LogP contribution >= 0.6 is 12.2 Å². The molecule has 0 unspecified atom stereocenters. The van der Waals surface area contributed by atoms with E-state index in [2.05, 4.69) is 41.0 Å². The third-order valence-corrected chi connectivity index (χ3v) is 3.75. The molecule has 0 aliphatic heterocycles. The number of rotatable bonds is 8. The molecule has 0 bridgehead atoms. The lowest BCUT2D eigenvalue weighted by atomic mass is 10.1. The Bertz CT molecular complexity index is 762. The van der Waals surface area contributed by atoms with E-state index in [0.29, 0.717) is 24.1 Å². The Morgan fingerprint density at radius 1 is 1.12 bits per heavy atom. The van der Waals surface area contributed by atoms with Crippen molar-refractivity contribution in [3.8, 4) is 11.5 Å². The molecule has 0 amide bonds. The summed E-state index contributed by atoms with van der Waals surface area (Å²) in [6.45, 7) is 7.86. The minimum atomic E-state index is 0.502. The fraction of sp³-hybridized carbons (Fsp3) is 0.300. The van der Waals surface area contributed by atoms with Gasteiger partial charge in [0.1, 0.15) is 6.61 Å². The van der Waals surface area contributed by atoms with Crippen LogP contribution in [0.5, 0.6) is 11.5 Å². The van der Waals surface area contributed by atoms with Crippen molar-refractivity contribution < 1.29 is 14.6 Å². The Morgan fingerprint density at radius 2 is 1.96 bits per heavy atom. The zero-order valence-electron chi connectivity index (χ0n) is 15.5. The minimum absolute atomic E-state index is 0.502. The molecule has 2 aromatic carbocycles. The van der Waals surface area contributed by atoms with E-state index in [4.69, 9.17) is 21.7 Å². The summed E-state index contributed by atoms with van der Waals surface area (Å²) in [6, 6.07) is 14.1. The average molecular weight is 373 g/mol. The second kappa shape index (κ2) is 10.4. The van der Waals surface area contributed by atoms with Crippen LogP contribution in [0.25, 0.3) is 0 Å². The highest BCUT2D eigenvalue weighted by molar-refractivity contribution is 7.80. The molecule has 2 rings (SSSR count). The van der Waals surface area contributed by atoms with E-state index in [1.165, 1.54) is 5.56 Å². The van der Waals surface area contributed by atoms with E-state index in [9.17, 15) is 0 Å². The first kappa shape index (κ1) is 19.7. The normalized spacial score (nSPS) is 10.6. The summed E-state index contributed by atoms with van der Waals surface area (Å²) in [5, 5.41) is 6.51. The number of benzene rings is 2. The Morgan fingerprint density at radius 3 is 2.69 bits per heavy atom. The molecule has 0 radical (unpaired) electrons. The van der Waals surface area contributed by atoms with Crippen LogP contribution in [0.2, 0.25) is 0 Å². The maximum absolute atomic E-state index is 5.95. The molecular formula is C20H26N3O2S+. The summed E-state index contributed by atoms with van der Waals surface area (Å²) < 4.78 is 11.7. The lowest BCUT2D eigenvalue weighted by molar-refractivity contribution is -0.500. The van der Waals surface area contributed by atoms with Crippen LogP contribution < -0.4 is 25.3 Å². The Balaban J connectivity index is 2.05. The van der Waals surface area contributed by atoms with Crippen molar-refractivity contribution in [2.45, 2.75) is 27.4 Å². The fourth-order valence-electron chi connectivity index (χ4n) is 2.35. The van der Waals surface area contributed by atoms with Gasteiger partial charge in [0, 0.05) is 12.1 Å². The number of hydrazone groups is 1. The maximum Gasteiger partial charge on any atom is 0.223 e. The van der Waals surface area contributed by atoms with Gasteiger partial charge in [-0.2, -0.15) is 0 Å². The summed E-state index contributed by atoms with van der Waals surface area (Å²) >= 11 is 5.10. The number of hydrogen-bond acceptors (Lipinski definition) is 3. The summed E-state index contributed by atoms with van der Waals surface area (Å²) in [7, 11) is 0. The van der Waals surface area contributed by atoms with Crippen LogP contribution in [-0.2, 0) is 6.61 Å². The predicted molar refractivity (Wildman–Crippen MR) is 109 cm³/mol. The summed E-state index contributed by atoms with van der Waals surface area (Å²) in [5.41, 5.74) is 6.19. The minimum Gasteiger partial charge on any atom is -0.490 e. The Kier molecular flexibility index (Phi) is 7.89. The zero-order valence-corrected chi connectivity index (χ0v) is 16.3. The van der Waals surface area contributed by atoms with Gasteiger partial charge in [0.25, 0.3) is 0 Å². The maximum atomic E-state index is 5.95. The van der Waals surface area contributed by atoms with Crippen molar-refractivity contribution in [3.63, 3.8) is 0 Å². The molecule has 5 nitrogen and oxygen atoms in total. The third kappa shape index (κ3) is 6.37. The van der Waals surface area contributed by atoms with Crippen molar-refractivity contribution in [1.82, 2.24) is 10.7 Å². The quantitative estimate of drug-likeness (QED) is 0.375. The summed E-state index contributed by atoms with van der Waals surface area (Å²) in [4.78, 5) is 0. The van der Waals surface area contributed by atoms with Crippen LogP contribution in [0, 0.1) is 6.92 Å². The van der Waals surface area contributed by atoms with Gasteiger partial charge < -0.3 is 14.8 Å². The van der Waals surface area contributed by atoms with Gasteiger partial charge in [0.2, 0.25) is 5.11 Å². The van der Waals surface area contributed by atoms with Gasteiger partial charge >= 0.3 is 0 Å². The molecule has 3 N–H and O–H groups in total. The standard InChI is InChI=1S/C20H25N3O2S/c1-4-21-20(26)23-22-13-16-9-10-18(19(12-16)24-5-2)25-14-17-8-6-7-15(3)11-17/h6-13H,4-5,14H2,1-3H3,(H2,21,23,26)/p+1. The monoisotopic (exact) mass is 372 g/mol. The number of thiocarbonyl (C=S) groups is 1. The van der Waals surface area contributed by atoms with Crippen LogP contribution in [0.15, 0.2) is 42.5 Å². The fourth-order valence-corrected chi connectivity index (χ4v) is 2.56. The summed E-state index contributed by atoms with van der Waals surface area (Å²) in [5.74, 6) is 1.44. The van der Waals surface area contributed by atoms with Crippen molar-refractivity contribution in [3.05, 3.63) is 59.2 Å². The van der Waals surface area contributed by atoms with Gasteiger partial charge in [0.15, 0.2) is 17.7 Å². The topological polar surface area (TPSA) is 56.5 Å². The molecule has 2 aromatic rings. The van der Waals surface area contributed by atoms with E-state index in [-0.39, 0.29) is 0 Å². The molecule has 0 fully saturated rings. The zero-order chi connectivity index (χ0) is 18.8. The molecule has 0 atom stereocenters. The largest absolute Gasteiger partial charge is 0.490 e. The van der Waals surface area contributed by atoms with Crippen LogP contribution in [0.1, 0.15) is 30.5 Å². The third-order valence-electron chi connectivity index (χ3n) is 3.51. The molecule has 0 aromatic heterocycles. The summed E-state index contributed by atoms with van der Waals surface area (Å²) in [6.07, 6.45) is 1.82. The molecule has 0 saturated heterocycles. The second-order valence-electron chi connectivity index (χ2n) is 5.69. The molecule has 0 heterocycles. The number of hydrogen-bond donors (Lipinski definition) is 3. The lowest BCUT2D eigenvalue weighted by Gasteiger charge is -2.12. The van der Waals surface area contributed by atoms with E-state index < -0.39 is 0 Å². The van der Waals surface area contributed by atoms with Gasteiger partial charge in [0.05, 0.1) is 6.61 Å². The molecule has 6 heteroatoms. The van der Waals surface area contributed by atoms with Gasteiger partial charge in [-0.15, -0.1) is 10.5 Å². The van der Waals surface area contributed by atoms with E-state index in [1.54, 1.807) is 0 Å². The first-order valence-electron chi connectivity index (χ1n) is 8.70. The van der Waals surface area contributed by atoms with Crippen molar-refractivity contribution >= 4 is 23.5 Å². The van der Waals surface area contributed by atoms with E-state index >= 15 is 0 Å². The van der Waals surface area contributed by atoms with Crippen molar-refractivity contribution in [1.29, 1.82) is 0 Å². The molecule has 0 saturated carbocycles. The molecule has 138 valence electrons. The van der Waals surface area contributed by atoms with Gasteiger partial charge in [-0.25, -0.2) is 0 Å². The highest BCUT2D eigenvalue weighted by Gasteiger charge is 2.08.